The van der Waals surface area contributed by atoms with Gasteiger partial charge in [0.15, 0.2) is 0 Å². The Kier molecular flexibility index (Phi) is 5.19. The second-order valence-electron chi connectivity index (χ2n) is 4.94. The lowest BCUT2D eigenvalue weighted by Crippen LogP contribution is -2.41. The van der Waals surface area contributed by atoms with Crippen LogP contribution in [-0.2, 0) is 16.0 Å². The first-order valence-corrected chi connectivity index (χ1v) is 8.01. The van der Waals surface area contributed by atoms with Crippen molar-refractivity contribution in [1.82, 2.24) is 9.88 Å². The van der Waals surface area contributed by atoms with Gasteiger partial charge in [0, 0.05) is 56.2 Å². The predicted octanol–water partition coefficient (Wildman–Crippen LogP) is 1.12. The molecule has 1 atom stereocenters. The zero-order valence-corrected chi connectivity index (χ0v) is 13.2. The summed E-state index contributed by atoms with van der Waals surface area (Å²) < 4.78 is 17.6. The van der Waals surface area contributed by atoms with Crippen molar-refractivity contribution in [3.63, 3.8) is 0 Å². The van der Waals surface area contributed by atoms with Crippen LogP contribution in [0, 0.1) is 10.1 Å². The van der Waals surface area contributed by atoms with Gasteiger partial charge >= 0.3 is 10.7 Å². The van der Waals surface area contributed by atoms with Crippen LogP contribution in [0.2, 0.25) is 0 Å². The summed E-state index contributed by atoms with van der Waals surface area (Å²) >= 11 is -1.61. The molecular weight excluding hydrogens is 310 g/mol. The third-order valence-corrected chi connectivity index (χ3v) is 5.36. The number of nitro groups is 1. The highest BCUT2D eigenvalue weighted by molar-refractivity contribution is 7.92. The number of piperidine rings is 1. The second-order valence-corrected chi connectivity index (χ2v) is 6.59. The van der Waals surface area contributed by atoms with Crippen molar-refractivity contribution in [1.29, 1.82) is 0 Å². The Hall–Kier alpha value is -1.87. The highest BCUT2D eigenvalue weighted by atomic mass is 32.2. The molecule has 1 amide bonds. The second kappa shape index (κ2) is 6.93. The van der Waals surface area contributed by atoms with E-state index in [0.29, 0.717) is 25.9 Å². The van der Waals surface area contributed by atoms with Crippen LogP contribution < -0.4 is 4.74 Å². The first kappa shape index (κ1) is 16.5. The van der Waals surface area contributed by atoms with E-state index < -0.39 is 16.1 Å². The minimum absolute atomic E-state index is 0.0188. The maximum absolute atomic E-state index is 12.7. The first-order chi connectivity index (χ1) is 10.4. The SMILES string of the molecule is COc1ccc([N+](=O)[O-])c([S+]([O-])C2CCN(C(C)=O)CC2)n1. The molecule has 0 bridgehead atoms. The molecule has 0 saturated carbocycles. The molecule has 1 saturated heterocycles. The van der Waals surface area contributed by atoms with Crippen molar-refractivity contribution >= 4 is 22.8 Å². The molecule has 0 N–H and O–H groups in total. The lowest BCUT2D eigenvalue weighted by molar-refractivity contribution is -0.388. The van der Waals surface area contributed by atoms with Crippen molar-refractivity contribution in [3.8, 4) is 5.88 Å². The van der Waals surface area contributed by atoms with E-state index in [2.05, 4.69) is 4.98 Å². The number of carbonyl (C=O) groups is 1. The summed E-state index contributed by atoms with van der Waals surface area (Å²) in [6.07, 6.45) is 1.06. The number of pyridine rings is 1. The van der Waals surface area contributed by atoms with E-state index in [1.807, 2.05) is 0 Å². The summed E-state index contributed by atoms with van der Waals surface area (Å²) in [6.45, 7) is 2.50. The lowest BCUT2D eigenvalue weighted by Gasteiger charge is -2.31. The van der Waals surface area contributed by atoms with Crippen molar-refractivity contribution in [2.24, 2.45) is 0 Å². The van der Waals surface area contributed by atoms with E-state index in [1.54, 1.807) is 4.90 Å². The number of methoxy groups -OCH3 is 1. The van der Waals surface area contributed by atoms with Crippen LogP contribution in [0.15, 0.2) is 17.2 Å². The van der Waals surface area contributed by atoms with E-state index >= 15 is 0 Å². The number of carbonyl (C=O) groups excluding carboxylic acids is 1. The number of hydrogen-bond donors (Lipinski definition) is 0. The van der Waals surface area contributed by atoms with Gasteiger partial charge < -0.3 is 14.2 Å². The summed E-state index contributed by atoms with van der Waals surface area (Å²) in [5.74, 6) is 0.171. The standard InChI is InChI=1S/C13H17N3O5S/c1-9(17)15-7-5-10(6-8-15)22(20)13-11(16(18)19)3-4-12(14-13)21-2/h3-4,10H,5-8H2,1-2H3. The average molecular weight is 327 g/mol. The van der Waals surface area contributed by atoms with Crippen molar-refractivity contribution in [2.75, 3.05) is 20.2 Å². The molecule has 2 rings (SSSR count). The number of hydrogen-bond acceptors (Lipinski definition) is 6. The van der Waals surface area contributed by atoms with Gasteiger partial charge in [-0.25, -0.2) is 0 Å². The molecule has 1 aromatic rings. The maximum Gasteiger partial charge on any atom is 0.344 e. The monoisotopic (exact) mass is 327 g/mol. The fourth-order valence-corrected chi connectivity index (χ4v) is 3.84. The Labute approximate surface area is 130 Å². The number of amides is 1. The van der Waals surface area contributed by atoms with Gasteiger partial charge in [0.05, 0.1) is 12.0 Å². The van der Waals surface area contributed by atoms with Crippen LogP contribution in [0.25, 0.3) is 0 Å². The van der Waals surface area contributed by atoms with Gasteiger partial charge in [-0.15, -0.1) is 0 Å². The largest absolute Gasteiger partial charge is 0.610 e. The summed E-state index contributed by atoms with van der Waals surface area (Å²) in [5, 5.41) is 10.8. The van der Waals surface area contributed by atoms with Crippen LogP contribution in [0.4, 0.5) is 5.69 Å². The van der Waals surface area contributed by atoms with Gasteiger partial charge in [0.25, 0.3) is 0 Å². The summed E-state index contributed by atoms with van der Waals surface area (Å²) in [6, 6.07) is 2.63. The van der Waals surface area contributed by atoms with Crippen molar-refractivity contribution in [2.45, 2.75) is 30.0 Å². The fourth-order valence-electron chi connectivity index (χ4n) is 2.36. The average Bonchev–Trinajstić information content (AvgIpc) is 2.53. The molecule has 1 unspecified atom stereocenters. The smallest absolute Gasteiger partial charge is 0.344 e. The molecule has 0 spiro atoms. The number of nitrogens with zero attached hydrogens (tertiary/aromatic N) is 3. The van der Waals surface area contributed by atoms with E-state index in [0.717, 1.165) is 0 Å². The minimum Gasteiger partial charge on any atom is -0.610 e. The molecule has 2 heterocycles. The van der Waals surface area contributed by atoms with Gasteiger partial charge in [-0.05, 0) is 0 Å². The fraction of sp³-hybridized carbons (Fsp3) is 0.538. The topological polar surface area (TPSA) is 109 Å². The minimum atomic E-state index is -1.61. The number of rotatable bonds is 4. The van der Waals surface area contributed by atoms with Crippen LogP contribution in [-0.4, -0.2) is 50.7 Å². The molecule has 1 aliphatic rings. The quantitative estimate of drug-likeness (QED) is 0.466. The van der Waals surface area contributed by atoms with Gasteiger partial charge in [-0.3, -0.25) is 14.9 Å². The normalized spacial score (nSPS) is 17.1. The van der Waals surface area contributed by atoms with Crippen LogP contribution in [0.1, 0.15) is 19.8 Å². The molecule has 0 aromatic carbocycles. The zero-order chi connectivity index (χ0) is 16.3. The molecule has 1 fully saturated rings. The van der Waals surface area contributed by atoms with E-state index in [-0.39, 0.29) is 27.8 Å². The molecule has 120 valence electrons. The molecule has 8 nitrogen and oxygen atoms in total. The van der Waals surface area contributed by atoms with E-state index in [9.17, 15) is 19.5 Å². The first-order valence-electron chi connectivity index (χ1n) is 6.79. The van der Waals surface area contributed by atoms with Crippen molar-refractivity contribution < 1.29 is 19.0 Å². The molecule has 9 heteroatoms. The third kappa shape index (κ3) is 3.47. The predicted molar refractivity (Wildman–Crippen MR) is 79.1 cm³/mol. The third-order valence-electron chi connectivity index (χ3n) is 3.60. The maximum atomic E-state index is 12.7. The Balaban J connectivity index is 2.20. The summed E-state index contributed by atoms with van der Waals surface area (Å²) in [5.41, 5.74) is -0.270. The molecule has 0 radical (unpaired) electrons. The Morgan fingerprint density at radius 3 is 2.59 bits per heavy atom. The molecular formula is C13H17N3O5S. The summed E-state index contributed by atoms with van der Waals surface area (Å²) in [4.78, 5) is 27.5. The Morgan fingerprint density at radius 2 is 2.09 bits per heavy atom. The molecule has 0 aliphatic carbocycles. The van der Waals surface area contributed by atoms with Gasteiger partial charge in [0.2, 0.25) is 11.8 Å². The highest BCUT2D eigenvalue weighted by Gasteiger charge is 2.36. The molecule has 1 aromatic heterocycles. The number of aromatic nitrogens is 1. The summed E-state index contributed by atoms with van der Waals surface area (Å²) in [7, 11) is 1.40. The Bertz CT molecular complexity index is 575. The zero-order valence-electron chi connectivity index (χ0n) is 12.4. The van der Waals surface area contributed by atoms with Crippen molar-refractivity contribution in [3.05, 3.63) is 22.2 Å². The lowest BCUT2D eigenvalue weighted by atomic mass is 10.1. The number of likely N-dealkylation sites (tertiary alicyclic amines) is 1. The highest BCUT2D eigenvalue weighted by Crippen LogP contribution is 2.31. The van der Waals surface area contributed by atoms with Gasteiger partial charge in [-0.1, -0.05) is 0 Å². The van der Waals surface area contributed by atoms with Gasteiger partial charge in [-0.2, -0.15) is 4.98 Å². The van der Waals surface area contributed by atoms with Crippen LogP contribution in [0.5, 0.6) is 5.88 Å². The van der Waals surface area contributed by atoms with Crippen LogP contribution in [0.3, 0.4) is 0 Å². The molecule has 22 heavy (non-hydrogen) atoms. The number of ether oxygens (including phenoxy) is 1. The van der Waals surface area contributed by atoms with Crippen LogP contribution >= 0.6 is 0 Å². The van der Waals surface area contributed by atoms with Gasteiger partial charge in [0.1, 0.15) is 5.25 Å². The Morgan fingerprint density at radius 1 is 1.45 bits per heavy atom. The van der Waals surface area contributed by atoms with E-state index in [1.165, 1.54) is 26.2 Å². The molecule has 1 aliphatic heterocycles. The van der Waals surface area contributed by atoms with E-state index in [4.69, 9.17) is 4.74 Å².